The zero-order chi connectivity index (χ0) is 21.5. The van der Waals surface area contributed by atoms with Crippen LogP contribution in [-0.4, -0.2) is 28.0 Å². The predicted molar refractivity (Wildman–Crippen MR) is 132 cm³/mol. The van der Waals surface area contributed by atoms with Crippen molar-refractivity contribution in [2.75, 3.05) is 13.6 Å². The van der Waals surface area contributed by atoms with Gasteiger partial charge in [-0.2, -0.15) is 0 Å². The van der Waals surface area contributed by atoms with Crippen LogP contribution in [0.25, 0.3) is 10.2 Å². The first-order valence-corrected chi connectivity index (χ1v) is 13.4. The topological polar surface area (TPSA) is 38.1 Å². The Kier molecular flexibility index (Phi) is 6.37. The maximum Gasteiger partial charge on any atom is 0.262 e. The Hall–Kier alpha value is -1.05. The number of hydrogen-bond donors (Lipinski definition) is 0. The van der Waals surface area contributed by atoms with E-state index in [1.54, 1.807) is 23.1 Å². The smallest absolute Gasteiger partial charge is 0.262 e. The molecule has 8 heteroatoms. The lowest BCUT2D eigenvalue weighted by Crippen LogP contribution is -2.31. The second-order valence-electron chi connectivity index (χ2n) is 8.53. The van der Waals surface area contributed by atoms with Crippen LogP contribution in [-0.2, 0) is 18.7 Å². The summed E-state index contributed by atoms with van der Waals surface area (Å²) in [6, 6.07) is 5.93. The van der Waals surface area contributed by atoms with Crippen molar-refractivity contribution in [3.8, 4) is 0 Å². The third kappa shape index (κ3) is 4.30. The van der Waals surface area contributed by atoms with Crippen molar-refractivity contribution in [1.82, 2.24) is 14.5 Å². The van der Waals surface area contributed by atoms with Gasteiger partial charge in [-0.1, -0.05) is 42.5 Å². The Labute approximate surface area is 200 Å². The molecule has 164 valence electrons. The largest absolute Gasteiger partial charge is 0.301 e. The number of likely N-dealkylation sites (N-methyl/N-ethyl adjacent to an activating group) is 1. The van der Waals surface area contributed by atoms with Crippen LogP contribution in [0.5, 0.6) is 0 Å². The van der Waals surface area contributed by atoms with Crippen LogP contribution in [0.4, 0.5) is 0 Å². The van der Waals surface area contributed by atoms with E-state index in [0.29, 0.717) is 15.8 Å². The lowest BCUT2D eigenvalue weighted by Gasteiger charge is -2.26. The highest BCUT2D eigenvalue weighted by atomic mass is 35.5. The summed E-state index contributed by atoms with van der Waals surface area (Å²) >= 11 is 15.6. The van der Waals surface area contributed by atoms with Gasteiger partial charge in [-0.05, 0) is 50.1 Å². The summed E-state index contributed by atoms with van der Waals surface area (Å²) in [5.74, 6) is 1.52. The van der Waals surface area contributed by atoms with E-state index in [1.165, 1.54) is 29.7 Å². The minimum Gasteiger partial charge on any atom is -0.301 e. The average molecular weight is 495 g/mol. The Bertz CT molecular complexity index is 1180. The maximum atomic E-state index is 13.8. The third-order valence-electron chi connectivity index (χ3n) is 6.37. The molecular weight excluding hydrogens is 469 g/mol. The van der Waals surface area contributed by atoms with Gasteiger partial charge in [-0.3, -0.25) is 9.36 Å². The highest BCUT2D eigenvalue weighted by Crippen LogP contribution is 2.36. The highest BCUT2D eigenvalue weighted by molar-refractivity contribution is 7.98. The van der Waals surface area contributed by atoms with Crippen molar-refractivity contribution >= 4 is 56.5 Å². The fourth-order valence-electron chi connectivity index (χ4n) is 4.76. The molecule has 1 aromatic carbocycles. The first-order valence-electron chi connectivity index (χ1n) is 10.8. The van der Waals surface area contributed by atoms with Crippen molar-refractivity contribution in [3.05, 3.63) is 54.9 Å². The molecule has 2 aliphatic rings. The molecule has 3 aromatic rings. The molecule has 0 spiro atoms. The molecule has 1 aliphatic heterocycles. The summed E-state index contributed by atoms with van der Waals surface area (Å²) in [4.78, 5) is 24.5. The summed E-state index contributed by atoms with van der Waals surface area (Å²) in [5, 5.41) is 1.98. The summed E-state index contributed by atoms with van der Waals surface area (Å²) in [5.41, 5.74) is 1.41. The molecule has 0 unspecified atom stereocenters. The van der Waals surface area contributed by atoms with Gasteiger partial charge in [0.15, 0.2) is 0 Å². The monoisotopic (exact) mass is 493 g/mol. The number of thiophene rings is 1. The van der Waals surface area contributed by atoms with E-state index in [2.05, 4.69) is 11.9 Å². The first kappa shape index (κ1) is 21.8. The molecule has 0 atom stereocenters. The normalized spacial score (nSPS) is 17.9. The molecule has 0 saturated heterocycles. The molecule has 0 bridgehead atoms. The van der Waals surface area contributed by atoms with Crippen molar-refractivity contribution < 1.29 is 0 Å². The first-order chi connectivity index (χ1) is 15.0. The maximum absolute atomic E-state index is 13.8. The van der Waals surface area contributed by atoms with Gasteiger partial charge < -0.3 is 4.90 Å². The number of aromatic nitrogens is 2. The summed E-state index contributed by atoms with van der Waals surface area (Å²) in [6.07, 6.45) is 6.68. The summed E-state index contributed by atoms with van der Waals surface area (Å²) in [6.45, 7) is 1.91. The Balaban J connectivity index is 1.58. The van der Waals surface area contributed by atoms with Crippen molar-refractivity contribution in [1.29, 1.82) is 0 Å². The van der Waals surface area contributed by atoms with Crippen molar-refractivity contribution in [2.45, 2.75) is 61.8 Å². The SMILES string of the molecule is CN1CCc2c(sc3nc(CSc4ccc(Cl)c(Cl)c4)n(C4CCCCC4)c(=O)c23)C1. The van der Waals surface area contributed by atoms with Crippen LogP contribution >= 0.6 is 46.3 Å². The van der Waals surface area contributed by atoms with Gasteiger partial charge in [0.2, 0.25) is 0 Å². The molecule has 1 fully saturated rings. The molecule has 1 aliphatic carbocycles. The van der Waals surface area contributed by atoms with Crippen LogP contribution in [0.15, 0.2) is 27.9 Å². The number of benzene rings is 1. The van der Waals surface area contributed by atoms with E-state index >= 15 is 0 Å². The van der Waals surface area contributed by atoms with Crippen LogP contribution in [0.1, 0.15) is 54.4 Å². The van der Waals surface area contributed by atoms with E-state index in [4.69, 9.17) is 28.2 Å². The molecule has 2 aromatic heterocycles. The molecular formula is C23H25Cl2N3OS2. The van der Waals surface area contributed by atoms with Gasteiger partial charge in [0.1, 0.15) is 10.7 Å². The van der Waals surface area contributed by atoms with Crippen LogP contribution in [0.2, 0.25) is 10.0 Å². The number of hydrogen-bond acceptors (Lipinski definition) is 5. The molecule has 31 heavy (non-hydrogen) atoms. The van der Waals surface area contributed by atoms with E-state index in [-0.39, 0.29) is 11.6 Å². The van der Waals surface area contributed by atoms with Crippen LogP contribution in [0.3, 0.4) is 0 Å². The quantitative estimate of drug-likeness (QED) is 0.386. The number of rotatable bonds is 4. The number of fused-ring (bicyclic) bond motifs is 3. The molecule has 0 N–H and O–H groups in total. The molecule has 5 rings (SSSR count). The average Bonchev–Trinajstić information content (AvgIpc) is 3.12. The minimum absolute atomic E-state index is 0.170. The Morgan fingerprint density at radius 1 is 1.19 bits per heavy atom. The van der Waals surface area contributed by atoms with E-state index in [0.717, 1.165) is 53.3 Å². The lowest BCUT2D eigenvalue weighted by atomic mass is 9.95. The van der Waals surface area contributed by atoms with Gasteiger partial charge in [0.25, 0.3) is 5.56 Å². The van der Waals surface area contributed by atoms with E-state index in [9.17, 15) is 4.79 Å². The van der Waals surface area contributed by atoms with Gasteiger partial charge in [-0.15, -0.1) is 23.1 Å². The fraction of sp³-hybridized carbons (Fsp3) is 0.478. The summed E-state index contributed by atoms with van der Waals surface area (Å²) < 4.78 is 2.04. The number of nitrogens with zero attached hydrogens (tertiary/aromatic N) is 3. The van der Waals surface area contributed by atoms with E-state index in [1.807, 2.05) is 22.8 Å². The molecule has 3 heterocycles. The van der Waals surface area contributed by atoms with Crippen molar-refractivity contribution in [2.24, 2.45) is 0 Å². The second-order valence-corrected chi connectivity index (χ2v) is 11.5. The second kappa shape index (κ2) is 9.06. The molecule has 4 nitrogen and oxygen atoms in total. The van der Waals surface area contributed by atoms with Gasteiger partial charge in [-0.25, -0.2) is 4.98 Å². The molecule has 0 amide bonds. The van der Waals surface area contributed by atoms with Gasteiger partial charge >= 0.3 is 0 Å². The van der Waals surface area contributed by atoms with Crippen LogP contribution < -0.4 is 5.56 Å². The van der Waals surface area contributed by atoms with Crippen molar-refractivity contribution in [3.63, 3.8) is 0 Å². The Morgan fingerprint density at radius 3 is 2.77 bits per heavy atom. The minimum atomic E-state index is 0.170. The Morgan fingerprint density at radius 2 is 2.00 bits per heavy atom. The number of halogens is 2. The van der Waals surface area contributed by atoms with Gasteiger partial charge in [0, 0.05) is 28.9 Å². The standard InChI is InChI=1S/C23H25Cl2N3OS2/c1-27-10-9-16-19(12-27)31-22-21(16)23(29)28(14-5-3-2-4-6-14)20(26-22)13-30-15-7-8-17(24)18(25)11-15/h7-8,11,14H,2-6,9-10,12-13H2,1H3. The third-order valence-corrected chi connectivity index (χ3v) is 9.21. The van der Waals surface area contributed by atoms with Gasteiger partial charge in [0.05, 0.1) is 21.2 Å². The van der Waals surface area contributed by atoms with Crippen LogP contribution in [0, 0.1) is 0 Å². The van der Waals surface area contributed by atoms with E-state index < -0.39 is 0 Å². The zero-order valence-corrected chi connectivity index (χ0v) is 20.6. The highest BCUT2D eigenvalue weighted by Gasteiger charge is 2.27. The summed E-state index contributed by atoms with van der Waals surface area (Å²) in [7, 11) is 2.14. The predicted octanol–water partition coefficient (Wildman–Crippen LogP) is 6.55. The number of thioether (sulfide) groups is 1. The fourth-order valence-corrected chi connectivity index (χ4v) is 7.29. The lowest BCUT2D eigenvalue weighted by molar-refractivity contribution is 0.317. The molecule has 1 saturated carbocycles. The zero-order valence-electron chi connectivity index (χ0n) is 17.5. The molecule has 0 radical (unpaired) electrons.